The number of nitrogens with one attached hydrogen (secondary N) is 2. The quantitative estimate of drug-likeness (QED) is 0.827. The minimum atomic E-state index is -0.318. The lowest BCUT2D eigenvalue weighted by Gasteiger charge is -2.10. The van der Waals surface area contributed by atoms with Gasteiger partial charge in [-0.3, -0.25) is 9.59 Å². The Hall–Kier alpha value is -2.53. The van der Waals surface area contributed by atoms with Crippen LogP contribution in [-0.4, -0.2) is 18.9 Å². The van der Waals surface area contributed by atoms with Crippen LogP contribution in [0.25, 0.3) is 0 Å². The van der Waals surface area contributed by atoms with Gasteiger partial charge >= 0.3 is 0 Å². The Labute approximate surface area is 157 Å². The van der Waals surface area contributed by atoms with Crippen LogP contribution in [0.4, 0.5) is 11.4 Å². The molecule has 5 nitrogen and oxygen atoms in total. The third-order valence-electron chi connectivity index (χ3n) is 4.52. The first kappa shape index (κ1) is 18.3. The van der Waals surface area contributed by atoms with Crippen LogP contribution in [0.5, 0.6) is 5.75 Å². The van der Waals surface area contributed by atoms with E-state index < -0.39 is 0 Å². The zero-order valence-electron chi connectivity index (χ0n) is 14.9. The lowest BCUT2D eigenvalue weighted by atomic mass is 10.1. The zero-order chi connectivity index (χ0) is 18.8. The number of benzene rings is 2. The molecule has 0 aromatic heterocycles. The minimum Gasteiger partial charge on any atom is -0.495 e. The molecule has 1 fully saturated rings. The highest BCUT2D eigenvalue weighted by Crippen LogP contribution is 2.40. The topological polar surface area (TPSA) is 67.4 Å². The van der Waals surface area contributed by atoms with Crippen molar-refractivity contribution < 1.29 is 14.3 Å². The number of hydrogen-bond donors (Lipinski definition) is 2. The monoisotopic (exact) mass is 372 g/mol. The number of ether oxygens (including phenoxy) is 1. The first-order valence-corrected chi connectivity index (χ1v) is 8.79. The van der Waals surface area contributed by atoms with Gasteiger partial charge in [0.2, 0.25) is 11.8 Å². The van der Waals surface area contributed by atoms with Gasteiger partial charge in [-0.1, -0.05) is 29.3 Å². The van der Waals surface area contributed by atoms with E-state index in [0.29, 0.717) is 22.9 Å². The molecule has 0 saturated heterocycles. The van der Waals surface area contributed by atoms with Crippen molar-refractivity contribution in [3.8, 4) is 5.75 Å². The number of carbonyl (C=O) groups is 2. The van der Waals surface area contributed by atoms with Crippen molar-refractivity contribution in [2.75, 3.05) is 17.7 Å². The molecule has 1 aliphatic carbocycles. The fraction of sp³-hybridized carbons (Fsp3) is 0.300. The molecule has 2 unspecified atom stereocenters. The molecule has 0 spiro atoms. The second kappa shape index (κ2) is 7.38. The Morgan fingerprint density at radius 2 is 1.73 bits per heavy atom. The Bertz CT molecular complexity index is 866. The van der Waals surface area contributed by atoms with Crippen LogP contribution < -0.4 is 15.4 Å². The number of methoxy groups -OCH3 is 1. The number of hydrogen-bond acceptors (Lipinski definition) is 3. The number of rotatable bonds is 5. The van der Waals surface area contributed by atoms with Crippen molar-refractivity contribution in [1.82, 2.24) is 0 Å². The van der Waals surface area contributed by atoms with Crippen LogP contribution in [-0.2, 0) is 9.59 Å². The maximum absolute atomic E-state index is 12.4. The van der Waals surface area contributed by atoms with E-state index in [1.165, 1.54) is 7.11 Å². The summed E-state index contributed by atoms with van der Waals surface area (Å²) in [5, 5.41) is 6.14. The van der Waals surface area contributed by atoms with Gasteiger partial charge < -0.3 is 15.4 Å². The molecular weight excluding hydrogens is 352 g/mol. The summed E-state index contributed by atoms with van der Waals surface area (Å²) < 4.78 is 5.09. The number of carbonyl (C=O) groups excluding carboxylic acids is 2. The normalized spacial score (nSPS) is 18.2. The highest BCUT2D eigenvalue weighted by atomic mass is 35.5. The standard InChI is InChI=1S/C20H21ClN2O3/c1-11-4-6-17(12(2)8-11)23-20(25)15-10-14(15)19(24)22-13-5-7-18(26-3)16(21)9-13/h4-9,14-15H,10H2,1-3H3,(H,22,24)(H,23,25). The summed E-state index contributed by atoms with van der Waals surface area (Å²) in [6.07, 6.45) is 0.548. The van der Waals surface area contributed by atoms with E-state index in [2.05, 4.69) is 10.6 Å². The molecule has 136 valence electrons. The van der Waals surface area contributed by atoms with E-state index in [0.717, 1.165) is 16.8 Å². The summed E-state index contributed by atoms with van der Waals surface area (Å²) in [6, 6.07) is 10.9. The lowest BCUT2D eigenvalue weighted by Crippen LogP contribution is -2.21. The van der Waals surface area contributed by atoms with Gasteiger partial charge in [-0.25, -0.2) is 0 Å². The van der Waals surface area contributed by atoms with E-state index in [1.54, 1.807) is 18.2 Å². The Morgan fingerprint density at radius 3 is 2.35 bits per heavy atom. The molecule has 6 heteroatoms. The van der Waals surface area contributed by atoms with Gasteiger partial charge in [-0.05, 0) is 50.1 Å². The van der Waals surface area contributed by atoms with Crippen LogP contribution in [0.15, 0.2) is 36.4 Å². The van der Waals surface area contributed by atoms with E-state index in [4.69, 9.17) is 16.3 Å². The molecule has 2 aromatic carbocycles. The van der Waals surface area contributed by atoms with Gasteiger partial charge in [0.1, 0.15) is 5.75 Å². The number of anilines is 2. The van der Waals surface area contributed by atoms with E-state index in [1.807, 2.05) is 32.0 Å². The van der Waals surface area contributed by atoms with Crippen LogP contribution in [0.3, 0.4) is 0 Å². The predicted molar refractivity (Wildman–Crippen MR) is 103 cm³/mol. The maximum atomic E-state index is 12.4. The van der Waals surface area contributed by atoms with Gasteiger partial charge in [0.05, 0.1) is 24.0 Å². The van der Waals surface area contributed by atoms with Crippen LogP contribution in [0.2, 0.25) is 5.02 Å². The lowest BCUT2D eigenvalue weighted by molar-refractivity contribution is -0.122. The molecule has 3 rings (SSSR count). The van der Waals surface area contributed by atoms with Crippen LogP contribution in [0, 0.1) is 25.7 Å². The molecule has 0 aliphatic heterocycles. The number of amides is 2. The van der Waals surface area contributed by atoms with Gasteiger partial charge in [0.15, 0.2) is 0 Å². The SMILES string of the molecule is COc1ccc(NC(=O)C2CC2C(=O)Nc2ccc(C)cc2C)cc1Cl. The van der Waals surface area contributed by atoms with E-state index >= 15 is 0 Å². The summed E-state index contributed by atoms with van der Waals surface area (Å²) in [5.74, 6) is -0.371. The van der Waals surface area contributed by atoms with Crippen molar-refractivity contribution >= 4 is 34.8 Å². The molecule has 0 radical (unpaired) electrons. The fourth-order valence-corrected chi connectivity index (χ4v) is 3.19. The molecule has 1 saturated carbocycles. The fourth-order valence-electron chi connectivity index (χ4n) is 2.93. The molecule has 0 bridgehead atoms. The van der Waals surface area contributed by atoms with Gasteiger partial charge in [-0.2, -0.15) is 0 Å². The summed E-state index contributed by atoms with van der Waals surface area (Å²) in [7, 11) is 1.53. The molecular formula is C20H21ClN2O3. The van der Waals surface area contributed by atoms with E-state index in [-0.39, 0.29) is 23.7 Å². The van der Waals surface area contributed by atoms with Crippen molar-refractivity contribution in [1.29, 1.82) is 0 Å². The summed E-state index contributed by atoms with van der Waals surface area (Å²) in [5.41, 5.74) is 3.52. The molecule has 0 heterocycles. The summed E-state index contributed by atoms with van der Waals surface area (Å²) in [4.78, 5) is 24.7. The highest BCUT2D eigenvalue weighted by molar-refractivity contribution is 6.32. The summed E-state index contributed by atoms with van der Waals surface area (Å²) >= 11 is 6.06. The molecule has 2 amide bonds. The highest BCUT2D eigenvalue weighted by Gasteiger charge is 2.48. The molecule has 26 heavy (non-hydrogen) atoms. The van der Waals surface area contributed by atoms with Gasteiger partial charge in [-0.15, -0.1) is 0 Å². The first-order valence-electron chi connectivity index (χ1n) is 8.41. The predicted octanol–water partition coefficient (Wildman–Crippen LogP) is 4.18. The average molecular weight is 373 g/mol. The largest absolute Gasteiger partial charge is 0.495 e. The number of aryl methyl sites for hydroxylation is 2. The number of halogens is 1. The van der Waals surface area contributed by atoms with Gasteiger partial charge in [0, 0.05) is 11.4 Å². The second-order valence-corrected chi connectivity index (χ2v) is 7.00. The Balaban J connectivity index is 1.58. The molecule has 1 aliphatic rings. The average Bonchev–Trinajstić information content (AvgIpc) is 3.38. The Morgan fingerprint density at radius 1 is 1.04 bits per heavy atom. The minimum absolute atomic E-state index is 0.120. The van der Waals surface area contributed by atoms with Crippen LogP contribution >= 0.6 is 11.6 Å². The summed E-state index contributed by atoms with van der Waals surface area (Å²) in [6.45, 7) is 3.96. The van der Waals surface area contributed by atoms with Crippen LogP contribution in [0.1, 0.15) is 17.5 Å². The van der Waals surface area contributed by atoms with E-state index in [9.17, 15) is 9.59 Å². The smallest absolute Gasteiger partial charge is 0.228 e. The maximum Gasteiger partial charge on any atom is 0.228 e. The zero-order valence-corrected chi connectivity index (χ0v) is 15.7. The molecule has 2 atom stereocenters. The van der Waals surface area contributed by atoms with Crippen molar-refractivity contribution in [2.24, 2.45) is 11.8 Å². The van der Waals surface area contributed by atoms with Crippen molar-refractivity contribution in [2.45, 2.75) is 20.3 Å². The van der Waals surface area contributed by atoms with Crippen molar-refractivity contribution in [3.05, 3.63) is 52.5 Å². The second-order valence-electron chi connectivity index (χ2n) is 6.59. The van der Waals surface area contributed by atoms with Crippen molar-refractivity contribution in [3.63, 3.8) is 0 Å². The Kier molecular flexibility index (Phi) is 5.18. The third-order valence-corrected chi connectivity index (χ3v) is 4.82. The first-order chi connectivity index (χ1) is 12.4. The third kappa shape index (κ3) is 3.99. The molecule has 2 N–H and O–H groups in total. The molecule has 2 aromatic rings. The van der Waals surface area contributed by atoms with Gasteiger partial charge in [0.25, 0.3) is 0 Å².